The van der Waals surface area contributed by atoms with Gasteiger partial charge in [-0.1, -0.05) is 46.0 Å². The van der Waals surface area contributed by atoms with E-state index in [4.69, 9.17) is 0 Å². The molecular formula is C16H31NO2. The Hall–Kier alpha value is -0.570. The quantitative estimate of drug-likeness (QED) is 0.710. The molecule has 1 unspecified atom stereocenters. The zero-order chi connectivity index (χ0) is 14.1. The van der Waals surface area contributed by atoms with Gasteiger partial charge in [-0.2, -0.15) is 0 Å². The molecule has 112 valence electrons. The Morgan fingerprint density at radius 2 is 1.95 bits per heavy atom. The van der Waals surface area contributed by atoms with Crippen LogP contribution < -0.4 is 5.32 Å². The number of carbonyl (C=O) groups excluding carboxylic acids is 1. The second-order valence-corrected chi connectivity index (χ2v) is 6.48. The van der Waals surface area contributed by atoms with E-state index in [-0.39, 0.29) is 5.91 Å². The molecule has 1 aliphatic rings. The fourth-order valence-corrected chi connectivity index (χ4v) is 2.97. The monoisotopic (exact) mass is 269 g/mol. The standard InChI is InChI=1S/C16H31NO2/c1-13(2)11-15(18)12-17-16(19)10-6-9-14-7-4-3-5-8-14/h13-15,18H,3-12H2,1-2H3,(H,17,19). The SMILES string of the molecule is CC(C)CC(O)CNC(=O)CCCC1CCCCC1. The number of hydrogen-bond acceptors (Lipinski definition) is 2. The van der Waals surface area contributed by atoms with Crippen LogP contribution in [0.4, 0.5) is 0 Å². The van der Waals surface area contributed by atoms with Gasteiger partial charge in [-0.15, -0.1) is 0 Å². The molecule has 3 heteroatoms. The maximum Gasteiger partial charge on any atom is 0.220 e. The van der Waals surface area contributed by atoms with Gasteiger partial charge < -0.3 is 10.4 Å². The van der Waals surface area contributed by atoms with Crippen LogP contribution in [0.2, 0.25) is 0 Å². The van der Waals surface area contributed by atoms with E-state index in [1.54, 1.807) is 0 Å². The van der Waals surface area contributed by atoms with E-state index in [2.05, 4.69) is 19.2 Å². The highest BCUT2D eigenvalue weighted by molar-refractivity contribution is 5.75. The third-order valence-corrected chi connectivity index (χ3v) is 4.02. The molecule has 0 aromatic heterocycles. The van der Waals surface area contributed by atoms with Crippen LogP contribution in [0, 0.1) is 11.8 Å². The minimum Gasteiger partial charge on any atom is -0.391 e. The maximum absolute atomic E-state index is 11.7. The van der Waals surface area contributed by atoms with Crippen molar-refractivity contribution in [1.82, 2.24) is 5.32 Å². The summed E-state index contributed by atoms with van der Waals surface area (Å²) in [4.78, 5) is 11.7. The zero-order valence-corrected chi connectivity index (χ0v) is 12.7. The van der Waals surface area contributed by atoms with E-state index >= 15 is 0 Å². The van der Waals surface area contributed by atoms with Gasteiger partial charge in [0.25, 0.3) is 0 Å². The van der Waals surface area contributed by atoms with Crippen LogP contribution in [0.15, 0.2) is 0 Å². The van der Waals surface area contributed by atoms with Gasteiger partial charge in [0, 0.05) is 13.0 Å². The summed E-state index contributed by atoms with van der Waals surface area (Å²) in [7, 11) is 0. The van der Waals surface area contributed by atoms with Crippen LogP contribution in [-0.4, -0.2) is 23.7 Å². The van der Waals surface area contributed by atoms with E-state index in [9.17, 15) is 9.90 Å². The van der Waals surface area contributed by atoms with Gasteiger partial charge in [0.15, 0.2) is 0 Å². The molecule has 1 rings (SSSR count). The number of aliphatic hydroxyl groups excluding tert-OH is 1. The fourth-order valence-electron chi connectivity index (χ4n) is 2.97. The lowest BCUT2D eigenvalue weighted by Gasteiger charge is -2.21. The predicted molar refractivity (Wildman–Crippen MR) is 78.9 cm³/mol. The van der Waals surface area contributed by atoms with E-state index in [1.165, 1.54) is 38.5 Å². The second-order valence-electron chi connectivity index (χ2n) is 6.48. The van der Waals surface area contributed by atoms with Gasteiger partial charge in [0.05, 0.1) is 6.10 Å². The number of aliphatic hydroxyl groups is 1. The number of hydrogen-bond donors (Lipinski definition) is 2. The average Bonchev–Trinajstić information content (AvgIpc) is 2.37. The summed E-state index contributed by atoms with van der Waals surface area (Å²) in [5.74, 6) is 1.42. The molecule has 1 fully saturated rings. The molecule has 0 radical (unpaired) electrons. The van der Waals surface area contributed by atoms with Crippen molar-refractivity contribution in [2.45, 2.75) is 77.7 Å². The van der Waals surface area contributed by atoms with Crippen LogP contribution in [0.3, 0.4) is 0 Å². The third-order valence-electron chi connectivity index (χ3n) is 4.02. The van der Waals surface area contributed by atoms with Gasteiger partial charge in [-0.05, 0) is 31.1 Å². The molecule has 0 spiro atoms. The van der Waals surface area contributed by atoms with E-state index in [1.807, 2.05) is 0 Å². The van der Waals surface area contributed by atoms with Crippen molar-refractivity contribution in [2.24, 2.45) is 11.8 Å². The Balaban J connectivity index is 2.01. The molecule has 3 nitrogen and oxygen atoms in total. The summed E-state index contributed by atoms with van der Waals surface area (Å²) >= 11 is 0. The Labute approximate surface area is 118 Å². The van der Waals surface area contributed by atoms with Crippen LogP contribution in [0.5, 0.6) is 0 Å². The Morgan fingerprint density at radius 1 is 1.26 bits per heavy atom. The first-order valence-electron chi connectivity index (χ1n) is 8.02. The van der Waals surface area contributed by atoms with Gasteiger partial charge in [0.2, 0.25) is 5.91 Å². The molecule has 1 saturated carbocycles. The van der Waals surface area contributed by atoms with Crippen LogP contribution in [-0.2, 0) is 4.79 Å². The minimum absolute atomic E-state index is 0.0959. The van der Waals surface area contributed by atoms with Crippen molar-refractivity contribution in [3.05, 3.63) is 0 Å². The summed E-state index contributed by atoms with van der Waals surface area (Å²) in [6, 6.07) is 0. The predicted octanol–water partition coefficient (Wildman–Crippen LogP) is 3.26. The molecule has 1 atom stereocenters. The van der Waals surface area contributed by atoms with Crippen molar-refractivity contribution in [3.63, 3.8) is 0 Å². The summed E-state index contributed by atoms with van der Waals surface area (Å²) < 4.78 is 0. The summed E-state index contributed by atoms with van der Waals surface area (Å²) in [6.07, 6.45) is 10.0. The van der Waals surface area contributed by atoms with Crippen molar-refractivity contribution in [3.8, 4) is 0 Å². The van der Waals surface area contributed by atoms with Gasteiger partial charge in [-0.25, -0.2) is 0 Å². The second kappa shape index (κ2) is 9.35. The number of amides is 1. The van der Waals surface area contributed by atoms with Crippen LogP contribution in [0.1, 0.15) is 71.6 Å². The normalized spacial score (nSPS) is 18.5. The molecule has 0 bridgehead atoms. The first-order chi connectivity index (χ1) is 9.08. The molecule has 0 saturated heterocycles. The smallest absolute Gasteiger partial charge is 0.220 e. The third kappa shape index (κ3) is 8.25. The van der Waals surface area contributed by atoms with E-state index in [0.717, 1.165) is 18.8 Å². The highest BCUT2D eigenvalue weighted by Crippen LogP contribution is 2.27. The largest absolute Gasteiger partial charge is 0.391 e. The van der Waals surface area contributed by atoms with Crippen molar-refractivity contribution in [2.75, 3.05) is 6.54 Å². The molecule has 1 aliphatic carbocycles. The Morgan fingerprint density at radius 3 is 2.58 bits per heavy atom. The molecule has 0 aromatic carbocycles. The first-order valence-corrected chi connectivity index (χ1v) is 8.02. The zero-order valence-electron chi connectivity index (χ0n) is 12.7. The average molecular weight is 269 g/mol. The lowest BCUT2D eigenvalue weighted by molar-refractivity contribution is -0.121. The summed E-state index contributed by atoms with van der Waals surface area (Å²) in [5, 5.41) is 12.5. The van der Waals surface area contributed by atoms with E-state index in [0.29, 0.717) is 18.9 Å². The topological polar surface area (TPSA) is 49.3 Å². The van der Waals surface area contributed by atoms with Gasteiger partial charge in [-0.3, -0.25) is 4.79 Å². The van der Waals surface area contributed by atoms with Crippen LogP contribution >= 0.6 is 0 Å². The van der Waals surface area contributed by atoms with Crippen molar-refractivity contribution < 1.29 is 9.90 Å². The number of rotatable bonds is 8. The highest BCUT2D eigenvalue weighted by atomic mass is 16.3. The van der Waals surface area contributed by atoms with Gasteiger partial charge in [0.1, 0.15) is 0 Å². The molecular weight excluding hydrogens is 238 g/mol. The fraction of sp³-hybridized carbons (Fsp3) is 0.938. The lowest BCUT2D eigenvalue weighted by atomic mass is 9.86. The summed E-state index contributed by atoms with van der Waals surface area (Å²) in [6.45, 7) is 4.56. The highest BCUT2D eigenvalue weighted by Gasteiger charge is 2.14. The molecule has 0 aromatic rings. The van der Waals surface area contributed by atoms with E-state index < -0.39 is 6.10 Å². The van der Waals surface area contributed by atoms with Crippen molar-refractivity contribution in [1.29, 1.82) is 0 Å². The Bertz CT molecular complexity index is 247. The molecule has 0 aliphatic heterocycles. The van der Waals surface area contributed by atoms with Crippen molar-refractivity contribution >= 4 is 5.91 Å². The molecule has 0 heterocycles. The lowest BCUT2D eigenvalue weighted by Crippen LogP contribution is -2.32. The molecule has 1 amide bonds. The first kappa shape index (κ1) is 16.5. The molecule has 19 heavy (non-hydrogen) atoms. The summed E-state index contributed by atoms with van der Waals surface area (Å²) in [5.41, 5.74) is 0. The Kier molecular flexibility index (Phi) is 8.11. The maximum atomic E-state index is 11.7. The minimum atomic E-state index is -0.401. The van der Waals surface area contributed by atoms with Gasteiger partial charge >= 0.3 is 0 Å². The number of nitrogens with one attached hydrogen (secondary N) is 1. The molecule has 2 N–H and O–H groups in total. The van der Waals surface area contributed by atoms with Crippen LogP contribution in [0.25, 0.3) is 0 Å². The number of carbonyl (C=O) groups is 1.